The summed E-state index contributed by atoms with van der Waals surface area (Å²) in [5.41, 5.74) is 1.81. The van der Waals surface area contributed by atoms with E-state index in [0.29, 0.717) is 23.3 Å². The number of hydrogen-bond acceptors (Lipinski definition) is 3. The van der Waals surface area contributed by atoms with Crippen LogP contribution in [0.3, 0.4) is 0 Å². The maximum Gasteiger partial charge on any atom is 0.373 e. The number of unbranched alkanes of at least 4 members (excludes halogenated alkanes) is 2. The van der Waals surface area contributed by atoms with E-state index in [4.69, 9.17) is 9.78 Å². The lowest BCUT2D eigenvalue weighted by atomic mass is 9.75. The Balaban J connectivity index is 1.86. The summed E-state index contributed by atoms with van der Waals surface area (Å²) in [5.74, 6) is 1.06. The van der Waals surface area contributed by atoms with E-state index in [-0.39, 0.29) is 0 Å². The van der Waals surface area contributed by atoms with Gasteiger partial charge in [0.2, 0.25) is 0 Å². The topological polar surface area (TPSA) is 35.5 Å². The molecule has 1 aromatic rings. The van der Waals surface area contributed by atoms with E-state index in [9.17, 15) is 4.79 Å². The molecule has 0 heterocycles. The normalized spacial score (nSPS) is 21.5. The molecule has 0 amide bonds. The Bertz CT molecular complexity index is 521. The molecule has 0 bridgehead atoms. The van der Waals surface area contributed by atoms with Gasteiger partial charge in [0, 0.05) is 0 Å². The third kappa shape index (κ3) is 6.14. The first-order valence-corrected chi connectivity index (χ1v) is 9.84. The summed E-state index contributed by atoms with van der Waals surface area (Å²) < 4.78 is 0. The van der Waals surface area contributed by atoms with Crippen LogP contribution in [-0.4, -0.2) is 5.97 Å². The fraction of sp³-hybridized carbons (Fsp3) is 0.636. The highest BCUT2D eigenvalue weighted by atomic mass is 17.2. The minimum absolute atomic E-state index is 0.380. The molecular formula is C22H33O3. The molecule has 1 saturated carbocycles. The van der Waals surface area contributed by atoms with E-state index >= 15 is 0 Å². The van der Waals surface area contributed by atoms with Gasteiger partial charge in [-0.05, 0) is 61.1 Å². The zero-order chi connectivity index (χ0) is 18.2. The van der Waals surface area contributed by atoms with Gasteiger partial charge in [-0.15, -0.1) is 0 Å². The first-order valence-electron chi connectivity index (χ1n) is 9.84. The van der Waals surface area contributed by atoms with Gasteiger partial charge in [0.05, 0.1) is 5.56 Å². The molecule has 1 radical (unpaired) electrons. The molecule has 25 heavy (non-hydrogen) atoms. The lowest BCUT2D eigenvalue weighted by molar-refractivity contribution is -0.251. The summed E-state index contributed by atoms with van der Waals surface area (Å²) >= 11 is 0. The first kappa shape index (κ1) is 20.0. The molecule has 0 aromatic heterocycles. The summed E-state index contributed by atoms with van der Waals surface area (Å²) in [6.07, 6.45) is 8.84. The van der Waals surface area contributed by atoms with Crippen molar-refractivity contribution in [3.63, 3.8) is 0 Å². The maximum absolute atomic E-state index is 12.3. The summed E-state index contributed by atoms with van der Waals surface area (Å²) in [4.78, 5) is 22.9. The Morgan fingerprint density at radius 2 is 1.88 bits per heavy atom. The number of hydrogen-bond donors (Lipinski definition) is 0. The molecule has 2 atom stereocenters. The fourth-order valence-corrected chi connectivity index (χ4v) is 3.55. The fourth-order valence-electron chi connectivity index (χ4n) is 3.55. The van der Waals surface area contributed by atoms with Crippen molar-refractivity contribution in [2.75, 3.05) is 0 Å². The summed E-state index contributed by atoms with van der Waals surface area (Å²) in [7, 11) is 0. The van der Waals surface area contributed by atoms with Crippen molar-refractivity contribution >= 4 is 5.97 Å². The maximum atomic E-state index is 12.3. The lowest BCUT2D eigenvalue weighted by Gasteiger charge is -2.34. The first-order chi connectivity index (χ1) is 12.0. The van der Waals surface area contributed by atoms with Crippen LogP contribution in [0, 0.1) is 23.9 Å². The molecule has 0 aliphatic heterocycles. The van der Waals surface area contributed by atoms with Crippen molar-refractivity contribution in [1.29, 1.82) is 0 Å². The Labute approximate surface area is 153 Å². The highest BCUT2D eigenvalue weighted by Crippen LogP contribution is 2.40. The Morgan fingerprint density at radius 1 is 1.16 bits per heavy atom. The van der Waals surface area contributed by atoms with Crippen molar-refractivity contribution in [1.82, 2.24) is 0 Å². The highest BCUT2D eigenvalue weighted by molar-refractivity contribution is 5.88. The van der Waals surface area contributed by atoms with Crippen LogP contribution in [0.2, 0.25) is 0 Å². The van der Waals surface area contributed by atoms with Crippen LogP contribution in [0.5, 0.6) is 0 Å². The standard InChI is InChI=1S/C22H33O3/c1-5-6-7-8-18-10-12-19(13-11-18)22(23)25-24-21-15-17(4)9-14-20(21)16(2)3/h10-13,16-17,20H,5-9,14-15H2,1-4H3. The smallest absolute Gasteiger partial charge is 0.292 e. The minimum Gasteiger partial charge on any atom is -0.292 e. The molecule has 139 valence electrons. The molecular weight excluding hydrogens is 312 g/mol. The minimum atomic E-state index is -0.409. The van der Waals surface area contributed by atoms with Gasteiger partial charge in [-0.2, -0.15) is 4.89 Å². The van der Waals surface area contributed by atoms with Crippen molar-refractivity contribution < 1.29 is 14.6 Å². The van der Waals surface area contributed by atoms with Crippen LogP contribution in [0.1, 0.15) is 82.1 Å². The van der Waals surface area contributed by atoms with E-state index in [1.54, 1.807) is 0 Å². The second-order valence-electron chi connectivity index (χ2n) is 7.81. The number of aryl methyl sites for hydroxylation is 1. The van der Waals surface area contributed by atoms with E-state index in [1.807, 2.05) is 24.3 Å². The molecule has 3 nitrogen and oxygen atoms in total. The molecule has 3 heteroatoms. The van der Waals surface area contributed by atoms with Gasteiger partial charge in [-0.1, -0.05) is 59.1 Å². The number of benzene rings is 1. The Morgan fingerprint density at radius 3 is 2.52 bits per heavy atom. The summed E-state index contributed by atoms with van der Waals surface area (Å²) in [6, 6.07) is 7.69. The van der Waals surface area contributed by atoms with Crippen LogP contribution in [0.4, 0.5) is 0 Å². The van der Waals surface area contributed by atoms with E-state index < -0.39 is 5.97 Å². The number of carbonyl (C=O) groups is 1. The molecule has 0 saturated heterocycles. The van der Waals surface area contributed by atoms with Gasteiger partial charge in [-0.3, -0.25) is 4.89 Å². The van der Waals surface area contributed by atoms with Gasteiger partial charge in [0.15, 0.2) is 6.10 Å². The third-order valence-electron chi connectivity index (χ3n) is 5.22. The van der Waals surface area contributed by atoms with Crippen LogP contribution >= 0.6 is 0 Å². The predicted octanol–water partition coefficient (Wildman–Crippen LogP) is 6.13. The van der Waals surface area contributed by atoms with Gasteiger partial charge in [-0.25, -0.2) is 4.79 Å². The largest absolute Gasteiger partial charge is 0.373 e. The van der Waals surface area contributed by atoms with Gasteiger partial charge in [0.1, 0.15) is 0 Å². The Kier molecular flexibility index (Phi) is 7.95. The molecule has 1 aliphatic rings. The van der Waals surface area contributed by atoms with Gasteiger partial charge < -0.3 is 0 Å². The van der Waals surface area contributed by atoms with Crippen molar-refractivity contribution in [3.05, 3.63) is 41.5 Å². The average molecular weight is 346 g/mol. The van der Waals surface area contributed by atoms with Crippen molar-refractivity contribution in [2.24, 2.45) is 17.8 Å². The number of carbonyl (C=O) groups excluding carboxylic acids is 1. The quantitative estimate of drug-likeness (QED) is 0.323. The zero-order valence-electron chi connectivity index (χ0n) is 16.2. The van der Waals surface area contributed by atoms with Crippen LogP contribution in [0.15, 0.2) is 24.3 Å². The highest BCUT2D eigenvalue weighted by Gasteiger charge is 2.34. The van der Waals surface area contributed by atoms with Crippen molar-refractivity contribution in [3.8, 4) is 0 Å². The molecule has 0 N–H and O–H groups in total. The predicted molar refractivity (Wildman–Crippen MR) is 101 cm³/mol. The third-order valence-corrected chi connectivity index (χ3v) is 5.22. The second-order valence-corrected chi connectivity index (χ2v) is 7.81. The molecule has 2 rings (SSSR count). The summed E-state index contributed by atoms with van der Waals surface area (Å²) in [6.45, 7) is 8.82. The van der Waals surface area contributed by atoms with Crippen molar-refractivity contribution in [2.45, 2.75) is 72.6 Å². The number of rotatable bonds is 8. The van der Waals surface area contributed by atoms with Gasteiger partial charge in [0.25, 0.3) is 0 Å². The summed E-state index contributed by atoms with van der Waals surface area (Å²) in [5, 5.41) is 0. The molecule has 1 aliphatic carbocycles. The SMILES string of the molecule is CCCCCc1ccc(C(=O)OO[C]2CC(C)CCC2C(C)C)cc1. The van der Waals surface area contributed by atoms with E-state index in [0.717, 1.165) is 25.4 Å². The second kappa shape index (κ2) is 9.96. The molecule has 1 fully saturated rings. The van der Waals surface area contributed by atoms with Crippen LogP contribution < -0.4 is 0 Å². The molecule has 0 spiro atoms. The molecule has 1 aromatic carbocycles. The van der Waals surface area contributed by atoms with E-state index in [1.165, 1.54) is 31.2 Å². The van der Waals surface area contributed by atoms with Gasteiger partial charge >= 0.3 is 5.97 Å². The van der Waals surface area contributed by atoms with Crippen LogP contribution in [-0.2, 0) is 16.2 Å². The lowest BCUT2D eigenvalue weighted by Crippen LogP contribution is -2.28. The zero-order valence-corrected chi connectivity index (χ0v) is 16.2. The average Bonchev–Trinajstić information content (AvgIpc) is 2.60. The molecule has 2 unspecified atom stereocenters. The Hall–Kier alpha value is -1.35. The van der Waals surface area contributed by atoms with Crippen LogP contribution in [0.25, 0.3) is 0 Å². The van der Waals surface area contributed by atoms with E-state index in [2.05, 4.69) is 27.7 Å². The monoisotopic (exact) mass is 345 g/mol.